The normalized spacial score (nSPS) is 10.6. The van der Waals surface area contributed by atoms with Crippen molar-refractivity contribution in [3.63, 3.8) is 0 Å². The summed E-state index contributed by atoms with van der Waals surface area (Å²) in [6.07, 6.45) is 1.61. The van der Waals surface area contributed by atoms with Gasteiger partial charge in [0.15, 0.2) is 4.34 Å². The number of nitrogens with zero attached hydrogens (tertiary/aromatic N) is 2. The quantitative estimate of drug-likeness (QED) is 0.289. The molecular weight excluding hydrogens is 458 g/mol. The predicted octanol–water partition coefficient (Wildman–Crippen LogP) is 5.03. The van der Waals surface area contributed by atoms with Crippen molar-refractivity contribution in [1.82, 2.24) is 10.2 Å². The fourth-order valence-electron chi connectivity index (χ4n) is 2.94. The van der Waals surface area contributed by atoms with E-state index in [-0.39, 0.29) is 17.6 Å². The Morgan fingerprint density at radius 2 is 1.91 bits per heavy atom. The largest absolute Gasteiger partial charge is 0.467 e. The molecule has 0 radical (unpaired) electrons. The van der Waals surface area contributed by atoms with E-state index in [0.717, 1.165) is 11.3 Å². The Labute approximate surface area is 198 Å². The zero-order valence-electron chi connectivity index (χ0n) is 17.7. The van der Waals surface area contributed by atoms with Crippen molar-refractivity contribution in [3.05, 3.63) is 83.8 Å². The first-order valence-electron chi connectivity index (χ1n) is 10.1. The van der Waals surface area contributed by atoms with Crippen LogP contribution in [0, 0.1) is 6.92 Å². The van der Waals surface area contributed by atoms with Gasteiger partial charge in [-0.25, -0.2) is 0 Å². The number of hydrogen-bond donors (Lipinski definition) is 3. The number of para-hydroxylation sites is 1. The number of benzene rings is 2. The summed E-state index contributed by atoms with van der Waals surface area (Å²) in [6, 6.07) is 18.1. The number of rotatable bonds is 9. The Balaban J connectivity index is 1.31. The molecule has 0 saturated heterocycles. The van der Waals surface area contributed by atoms with Crippen molar-refractivity contribution in [3.8, 4) is 0 Å². The first-order valence-corrected chi connectivity index (χ1v) is 11.9. The maximum atomic E-state index is 12.8. The van der Waals surface area contributed by atoms with Gasteiger partial charge in [0, 0.05) is 5.69 Å². The number of carbonyl (C=O) groups is 2. The second-order valence-corrected chi connectivity index (χ2v) is 9.21. The monoisotopic (exact) mass is 479 g/mol. The number of thioether (sulfide) groups is 1. The zero-order chi connectivity index (χ0) is 23.0. The van der Waals surface area contributed by atoms with Crippen molar-refractivity contribution in [2.24, 2.45) is 0 Å². The predicted molar refractivity (Wildman–Crippen MR) is 131 cm³/mol. The molecular formula is C23H21N5O3S2. The van der Waals surface area contributed by atoms with Crippen LogP contribution < -0.4 is 16.0 Å². The molecule has 2 heterocycles. The number of nitrogens with one attached hydrogen (secondary N) is 3. The van der Waals surface area contributed by atoms with Gasteiger partial charge in [-0.05, 0) is 48.9 Å². The Morgan fingerprint density at radius 3 is 2.73 bits per heavy atom. The van der Waals surface area contributed by atoms with Gasteiger partial charge in [-0.2, -0.15) is 0 Å². The average Bonchev–Trinajstić information content (AvgIpc) is 3.49. The number of carbonyl (C=O) groups excluding carboxylic acids is 2. The van der Waals surface area contributed by atoms with Gasteiger partial charge in [-0.3, -0.25) is 9.59 Å². The van der Waals surface area contributed by atoms with Gasteiger partial charge in [0.05, 0.1) is 29.8 Å². The van der Waals surface area contributed by atoms with Gasteiger partial charge in [0.25, 0.3) is 5.91 Å². The molecule has 2 aromatic heterocycles. The molecule has 0 atom stereocenters. The SMILES string of the molecule is Cc1cccc(NC(=O)c2ccccc2NC(=O)CSc2nnc(NCc3ccco3)s2)c1. The molecule has 0 saturated carbocycles. The van der Waals surface area contributed by atoms with Crippen molar-refractivity contribution in [2.75, 3.05) is 21.7 Å². The van der Waals surface area contributed by atoms with Gasteiger partial charge < -0.3 is 20.4 Å². The fraction of sp³-hybridized carbons (Fsp3) is 0.130. The maximum Gasteiger partial charge on any atom is 0.257 e. The first kappa shape index (κ1) is 22.6. The summed E-state index contributed by atoms with van der Waals surface area (Å²) in [7, 11) is 0. The molecule has 0 aliphatic heterocycles. The first-order chi connectivity index (χ1) is 16.1. The van der Waals surface area contributed by atoms with Gasteiger partial charge in [0.1, 0.15) is 5.76 Å². The lowest BCUT2D eigenvalue weighted by molar-refractivity contribution is -0.113. The van der Waals surface area contributed by atoms with Crippen LogP contribution in [-0.4, -0.2) is 27.8 Å². The molecule has 0 fully saturated rings. The molecule has 0 aliphatic carbocycles. The van der Waals surface area contributed by atoms with E-state index in [4.69, 9.17) is 4.42 Å². The Bertz CT molecular complexity index is 1240. The third kappa shape index (κ3) is 6.43. The minimum absolute atomic E-state index is 0.140. The molecule has 10 heteroatoms. The molecule has 168 valence electrons. The van der Waals surface area contributed by atoms with Crippen molar-refractivity contribution in [2.45, 2.75) is 17.8 Å². The van der Waals surface area contributed by atoms with Crippen LogP contribution in [0.1, 0.15) is 21.7 Å². The molecule has 33 heavy (non-hydrogen) atoms. The van der Waals surface area contributed by atoms with Crippen molar-refractivity contribution >= 4 is 51.4 Å². The minimum Gasteiger partial charge on any atom is -0.467 e. The van der Waals surface area contributed by atoms with E-state index >= 15 is 0 Å². The van der Waals surface area contributed by atoms with Crippen LogP contribution in [0.3, 0.4) is 0 Å². The van der Waals surface area contributed by atoms with Crippen LogP contribution in [0.4, 0.5) is 16.5 Å². The van der Waals surface area contributed by atoms with Crippen LogP contribution in [0.2, 0.25) is 0 Å². The standard InChI is InChI=1S/C23H21N5O3S2/c1-15-6-4-7-16(12-15)25-21(30)18-9-2-3-10-19(18)26-20(29)14-32-23-28-27-22(33-23)24-13-17-8-5-11-31-17/h2-12H,13-14H2,1H3,(H,24,27)(H,25,30)(H,26,29). The summed E-state index contributed by atoms with van der Waals surface area (Å²) in [5, 5.41) is 17.6. The highest BCUT2D eigenvalue weighted by molar-refractivity contribution is 8.01. The number of amides is 2. The summed E-state index contributed by atoms with van der Waals surface area (Å²) >= 11 is 2.64. The highest BCUT2D eigenvalue weighted by Gasteiger charge is 2.14. The van der Waals surface area contributed by atoms with Crippen LogP contribution in [0.15, 0.2) is 75.7 Å². The van der Waals surface area contributed by atoms with Crippen LogP contribution in [-0.2, 0) is 11.3 Å². The molecule has 4 aromatic rings. The van der Waals surface area contributed by atoms with E-state index < -0.39 is 0 Å². The maximum absolute atomic E-state index is 12.8. The van der Waals surface area contributed by atoms with Crippen LogP contribution in [0.5, 0.6) is 0 Å². The molecule has 3 N–H and O–H groups in total. The Kier molecular flexibility index (Phi) is 7.38. The van der Waals surface area contributed by atoms with E-state index in [9.17, 15) is 9.59 Å². The lowest BCUT2D eigenvalue weighted by Crippen LogP contribution is -2.19. The smallest absolute Gasteiger partial charge is 0.257 e. The molecule has 0 spiro atoms. The van der Waals surface area contributed by atoms with Crippen molar-refractivity contribution < 1.29 is 14.0 Å². The third-order valence-electron chi connectivity index (χ3n) is 4.45. The van der Waals surface area contributed by atoms with Gasteiger partial charge in [-0.1, -0.05) is 47.4 Å². The van der Waals surface area contributed by atoms with E-state index in [0.29, 0.717) is 33.0 Å². The van der Waals surface area contributed by atoms with E-state index in [1.165, 1.54) is 23.1 Å². The Hall–Kier alpha value is -3.63. The molecule has 0 unspecified atom stereocenters. The highest BCUT2D eigenvalue weighted by atomic mass is 32.2. The number of hydrogen-bond acceptors (Lipinski definition) is 8. The van der Waals surface area contributed by atoms with E-state index in [1.807, 2.05) is 43.3 Å². The summed E-state index contributed by atoms with van der Waals surface area (Å²) in [4.78, 5) is 25.3. The summed E-state index contributed by atoms with van der Waals surface area (Å²) in [5.74, 6) is 0.404. The molecule has 4 rings (SSSR count). The lowest BCUT2D eigenvalue weighted by Gasteiger charge is -2.11. The number of aromatic nitrogens is 2. The minimum atomic E-state index is -0.291. The van der Waals surface area contributed by atoms with E-state index in [1.54, 1.807) is 30.5 Å². The topological polar surface area (TPSA) is 109 Å². The second-order valence-electron chi connectivity index (χ2n) is 7.01. The molecule has 0 aliphatic rings. The molecule has 2 aromatic carbocycles. The summed E-state index contributed by atoms with van der Waals surface area (Å²) in [6.45, 7) is 2.46. The van der Waals surface area contributed by atoms with Gasteiger partial charge in [-0.15, -0.1) is 10.2 Å². The van der Waals surface area contributed by atoms with Crippen LogP contribution in [0.25, 0.3) is 0 Å². The summed E-state index contributed by atoms with van der Waals surface area (Å²) in [5.41, 5.74) is 2.58. The number of aryl methyl sites for hydroxylation is 1. The zero-order valence-corrected chi connectivity index (χ0v) is 19.3. The van der Waals surface area contributed by atoms with Gasteiger partial charge >= 0.3 is 0 Å². The summed E-state index contributed by atoms with van der Waals surface area (Å²) < 4.78 is 5.93. The lowest BCUT2D eigenvalue weighted by atomic mass is 10.1. The third-order valence-corrected chi connectivity index (χ3v) is 6.46. The fourth-order valence-corrected chi connectivity index (χ4v) is 4.49. The van der Waals surface area contributed by atoms with Crippen LogP contribution >= 0.6 is 23.1 Å². The Morgan fingerprint density at radius 1 is 1.03 bits per heavy atom. The van der Waals surface area contributed by atoms with Crippen molar-refractivity contribution in [1.29, 1.82) is 0 Å². The molecule has 8 nitrogen and oxygen atoms in total. The number of furan rings is 1. The molecule has 2 amide bonds. The molecule has 0 bridgehead atoms. The van der Waals surface area contributed by atoms with E-state index in [2.05, 4.69) is 26.1 Å². The number of anilines is 3. The second kappa shape index (κ2) is 10.8. The average molecular weight is 480 g/mol. The highest BCUT2D eigenvalue weighted by Crippen LogP contribution is 2.26. The van der Waals surface area contributed by atoms with Gasteiger partial charge in [0.2, 0.25) is 11.0 Å².